The smallest absolute Gasteiger partial charge is 0.243 e. The first-order valence-corrected chi connectivity index (χ1v) is 10.7. The van der Waals surface area contributed by atoms with E-state index in [2.05, 4.69) is 11.8 Å². The standard InChI is InChI=1S/C21H28N2O3S/c1-15-11-21(27(25,26)23-9-8-22(4)17(3)13-23)16(2)10-20(15)19-7-5-6-18(12-19)14-24/h5-7,10-12,17,24H,8-9,13-14H2,1-4H3. The van der Waals surface area contributed by atoms with Crippen molar-refractivity contribution < 1.29 is 13.5 Å². The molecule has 1 aliphatic heterocycles. The molecule has 0 radical (unpaired) electrons. The quantitative estimate of drug-likeness (QED) is 0.875. The first-order valence-electron chi connectivity index (χ1n) is 9.26. The summed E-state index contributed by atoms with van der Waals surface area (Å²) in [5.41, 5.74) is 4.48. The molecule has 1 atom stereocenters. The Bertz CT molecular complexity index is 940. The Kier molecular flexibility index (Phi) is 5.72. The third kappa shape index (κ3) is 3.94. The highest BCUT2D eigenvalue weighted by Crippen LogP contribution is 2.31. The van der Waals surface area contributed by atoms with Crippen LogP contribution in [0.15, 0.2) is 41.3 Å². The van der Waals surface area contributed by atoms with Gasteiger partial charge in [-0.25, -0.2) is 8.42 Å². The van der Waals surface area contributed by atoms with Gasteiger partial charge in [0.2, 0.25) is 10.0 Å². The van der Waals surface area contributed by atoms with E-state index in [1.165, 1.54) is 0 Å². The van der Waals surface area contributed by atoms with E-state index >= 15 is 0 Å². The average Bonchev–Trinajstić information content (AvgIpc) is 2.65. The maximum absolute atomic E-state index is 13.2. The summed E-state index contributed by atoms with van der Waals surface area (Å²) >= 11 is 0. The Morgan fingerprint density at radius 2 is 1.85 bits per heavy atom. The van der Waals surface area contributed by atoms with Crippen molar-refractivity contribution in [1.82, 2.24) is 9.21 Å². The lowest BCUT2D eigenvalue weighted by Gasteiger charge is -2.37. The van der Waals surface area contributed by atoms with Gasteiger partial charge in [-0.2, -0.15) is 4.31 Å². The Labute approximate surface area is 162 Å². The zero-order valence-electron chi connectivity index (χ0n) is 16.4. The van der Waals surface area contributed by atoms with Crippen molar-refractivity contribution in [2.75, 3.05) is 26.7 Å². The normalized spacial score (nSPS) is 19.4. The van der Waals surface area contributed by atoms with Gasteiger partial charge in [-0.15, -0.1) is 0 Å². The van der Waals surface area contributed by atoms with E-state index < -0.39 is 10.0 Å². The highest BCUT2D eigenvalue weighted by molar-refractivity contribution is 7.89. The summed E-state index contributed by atoms with van der Waals surface area (Å²) in [4.78, 5) is 2.57. The van der Waals surface area contributed by atoms with E-state index in [9.17, 15) is 13.5 Å². The number of aliphatic hydroxyl groups excluding tert-OH is 1. The molecule has 1 heterocycles. The Morgan fingerprint density at radius 1 is 1.11 bits per heavy atom. The predicted molar refractivity (Wildman–Crippen MR) is 108 cm³/mol. The van der Waals surface area contributed by atoms with Gasteiger partial charge in [0.1, 0.15) is 0 Å². The van der Waals surface area contributed by atoms with Crippen LogP contribution in [0.3, 0.4) is 0 Å². The summed E-state index contributed by atoms with van der Waals surface area (Å²) in [5, 5.41) is 9.38. The number of hydrogen-bond acceptors (Lipinski definition) is 4. The summed E-state index contributed by atoms with van der Waals surface area (Å²) in [7, 11) is -1.49. The van der Waals surface area contributed by atoms with Crippen LogP contribution in [0, 0.1) is 13.8 Å². The molecule has 2 aromatic carbocycles. The number of likely N-dealkylation sites (N-methyl/N-ethyl adjacent to an activating group) is 1. The predicted octanol–water partition coefficient (Wildman–Crippen LogP) is 2.79. The second-order valence-electron chi connectivity index (χ2n) is 7.48. The fourth-order valence-corrected chi connectivity index (χ4v) is 5.39. The van der Waals surface area contributed by atoms with Gasteiger partial charge in [0.05, 0.1) is 11.5 Å². The summed E-state index contributed by atoms with van der Waals surface area (Å²) in [6.07, 6.45) is 0. The van der Waals surface area contributed by atoms with Crippen LogP contribution >= 0.6 is 0 Å². The third-order valence-corrected chi connectivity index (χ3v) is 7.49. The minimum atomic E-state index is -3.52. The molecule has 1 fully saturated rings. The molecule has 3 rings (SSSR count). The first-order chi connectivity index (χ1) is 12.7. The zero-order chi connectivity index (χ0) is 19.8. The number of sulfonamides is 1. The van der Waals surface area contributed by atoms with Crippen LogP contribution in [-0.4, -0.2) is 55.5 Å². The Hall–Kier alpha value is -1.73. The molecule has 146 valence electrons. The van der Waals surface area contributed by atoms with E-state index in [0.29, 0.717) is 18.0 Å². The van der Waals surface area contributed by atoms with Gasteiger partial charge in [-0.3, -0.25) is 0 Å². The molecule has 0 aromatic heterocycles. The molecular formula is C21H28N2O3S. The molecule has 6 heteroatoms. The van der Waals surface area contributed by atoms with Crippen molar-refractivity contribution in [3.05, 3.63) is 53.1 Å². The van der Waals surface area contributed by atoms with Crippen LogP contribution in [0.4, 0.5) is 0 Å². The van der Waals surface area contributed by atoms with E-state index in [4.69, 9.17) is 0 Å². The molecular weight excluding hydrogens is 360 g/mol. The molecule has 1 saturated heterocycles. The fourth-order valence-electron chi connectivity index (χ4n) is 3.59. The van der Waals surface area contributed by atoms with Crippen LogP contribution in [0.1, 0.15) is 23.6 Å². The van der Waals surface area contributed by atoms with Gasteiger partial charge >= 0.3 is 0 Å². The van der Waals surface area contributed by atoms with Crippen LogP contribution in [0.5, 0.6) is 0 Å². The van der Waals surface area contributed by atoms with Crippen LogP contribution in [-0.2, 0) is 16.6 Å². The lowest BCUT2D eigenvalue weighted by molar-refractivity contribution is 0.159. The van der Waals surface area contributed by atoms with Crippen molar-refractivity contribution in [2.24, 2.45) is 0 Å². The number of aryl methyl sites for hydroxylation is 2. The molecule has 0 bridgehead atoms. The lowest BCUT2D eigenvalue weighted by atomic mass is 9.97. The highest BCUT2D eigenvalue weighted by Gasteiger charge is 2.32. The molecule has 0 spiro atoms. The number of aliphatic hydroxyl groups is 1. The number of benzene rings is 2. The fraction of sp³-hybridized carbons (Fsp3) is 0.429. The average molecular weight is 389 g/mol. The minimum absolute atomic E-state index is 0.0140. The molecule has 0 amide bonds. The zero-order valence-corrected chi connectivity index (χ0v) is 17.3. The molecule has 27 heavy (non-hydrogen) atoms. The third-order valence-electron chi connectivity index (χ3n) is 5.48. The molecule has 0 aliphatic carbocycles. The molecule has 5 nitrogen and oxygen atoms in total. The van der Waals surface area contributed by atoms with E-state index in [-0.39, 0.29) is 12.6 Å². The minimum Gasteiger partial charge on any atom is -0.392 e. The summed E-state index contributed by atoms with van der Waals surface area (Å²) in [5.74, 6) is 0. The van der Waals surface area contributed by atoms with Gasteiger partial charge in [0, 0.05) is 25.7 Å². The number of nitrogens with zero attached hydrogens (tertiary/aromatic N) is 2. The van der Waals surface area contributed by atoms with Gasteiger partial charge in [-0.05, 0) is 73.8 Å². The van der Waals surface area contributed by atoms with Crippen molar-refractivity contribution in [1.29, 1.82) is 0 Å². The van der Waals surface area contributed by atoms with E-state index in [1.807, 2.05) is 51.2 Å². The van der Waals surface area contributed by atoms with Gasteiger partial charge in [0.15, 0.2) is 0 Å². The van der Waals surface area contributed by atoms with E-state index in [0.717, 1.165) is 34.4 Å². The van der Waals surface area contributed by atoms with Crippen molar-refractivity contribution in [3.63, 3.8) is 0 Å². The largest absolute Gasteiger partial charge is 0.392 e. The Morgan fingerprint density at radius 3 is 2.52 bits per heavy atom. The molecule has 0 saturated carbocycles. The highest BCUT2D eigenvalue weighted by atomic mass is 32.2. The van der Waals surface area contributed by atoms with Gasteiger partial charge in [0.25, 0.3) is 0 Å². The molecule has 1 aliphatic rings. The second-order valence-corrected chi connectivity index (χ2v) is 9.39. The molecule has 1 N–H and O–H groups in total. The summed E-state index contributed by atoms with van der Waals surface area (Å²) in [6.45, 7) is 7.60. The number of hydrogen-bond donors (Lipinski definition) is 1. The van der Waals surface area contributed by atoms with Gasteiger partial charge < -0.3 is 10.0 Å². The lowest BCUT2D eigenvalue weighted by Crippen LogP contribution is -2.51. The van der Waals surface area contributed by atoms with Gasteiger partial charge in [-0.1, -0.05) is 18.2 Å². The van der Waals surface area contributed by atoms with Crippen molar-refractivity contribution >= 4 is 10.0 Å². The van der Waals surface area contributed by atoms with Crippen LogP contribution in [0.25, 0.3) is 11.1 Å². The van der Waals surface area contributed by atoms with Crippen molar-refractivity contribution in [2.45, 2.75) is 38.3 Å². The monoisotopic (exact) mass is 388 g/mol. The number of rotatable bonds is 4. The van der Waals surface area contributed by atoms with Crippen LogP contribution in [0.2, 0.25) is 0 Å². The number of piperazine rings is 1. The summed E-state index contributed by atoms with van der Waals surface area (Å²) in [6, 6.07) is 11.6. The first kappa shape index (κ1) is 20.0. The molecule has 1 unspecified atom stereocenters. The SMILES string of the molecule is Cc1cc(S(=O)(=O)N2CCN(C)C(C)C2)c(C)cc1-c1cccc(CO)c1. The van der Waals surface area contributed by atoms with Crippen LogP contribution < -0.4 is 0 Å². The van der Waals surface area contributed by atoms with E-state index in [1.54, 1.807) is 10.4 Å². The maximum atomic E-state index is 13.2. The second kappa shape index (κ2) is 7.72. The van der Waals surface area contributed by atoms with Crippen molar-refractivity contribution in [3.8, 4) is 11.1 Å². The molecule has 2 aromatic rings. The summed E-state index contributed by atoms with van der Waals surface area (Å²) < 4.78 is 28.1. The topological polar surface area (TPSA) is 60.9 Å². The Balaban J connectivity index is 1.99. The maximum Gasteiger partial charge on any atom is 0.243 e.